The Hall–Kier alpha value is -2.22. The van der Waals surface area contributed by atoms with Crippen LogP contribution in [0.1, 0.15) is 5.56 Å². The first-order valence-electron chi connectivity index (χ1n) is 8.70. The van der Waals surface area contributed by atoms with Gasteiger partial charge in [-0.15, -0.1) is 0 Å². The van der Waals surface area contributed by atoms with Crippen LogP contribution in [0.2, 0.25) is 10.0 Å². The standard InChI is InChI=1S/C19H17Cl2FN2O4/c20-12-2-1-3-14(25)15(12)16-13(22)6-10-7-23-4-5-24(19(26)27)8-11(23)9-28-18(10)17(16)21/h1-3,6,11,25H,4-5,7-9H2,(H,26,27)/t11-/m1/s1. The van der Waals surface area contributed by atoms with E-state index >= 15 is 0 Å². The van der Waals surface area contributed by atoms with Gasteiger partial charge in [0.25, 0.3) is 0 Å². The third kappa shape index (κ3) is 3.23. The largest absolute Gasteiger partial charge is 0.507 e. The smallest absolute Gasteiger partial charge is 0.407 e. The van der Waals surface area contributed by atoms with Crippen LogP contribution in [0, 0.1) is 5.82 Å². The number of nitrogens with zero attached hydrogens (tertiary/aromatic N) is 2. The highest BCUT2D eigenvalue weighted by Gasteiger charge is 2.34. The molecular weight excluding hydrogens is 410 g/mol. The number of aromatic hydroxyl groups is 1. The highest BCUT2D eigenvalue weighted by Crippen LogP contribution is 2.46. The molecule has 1 atom stereocenters. The van der Waals surface area contributed by atoms with Crippen LogP contribution in [0.15, 0.2) is 24.3 Å². The van der Waals surface area contributed by atoms with E-state index < -0.39 is 11.9 Å². The fourth-order valence-electron chi connectivity index (χ4n) is 3.74. The Morgan fingerprint density at radius 3 is 2.75 bits per heavy atom. The number of benzene rings is 2. The molecule has 2 aromatic rings. The lowest BCUT2D eigenvalue weighted by Crippen LogP contribution is -2.55. The lowest BCUT2D eigenvalue weighted by atomic mass is 10.0. The van der Waals surface area contributed by atoms with Gasteiger partial charge in [-0.3, -0.25) is 4.90 Å². The molecule has 1 amide bonds. The Morgan fingerprint density at radius 2 is 2.04 bits per heavy atom. The van der Waals surface area contributed by atoms with E-state index in [1.165, 1.54) is 17.0 Å². The van der Waals surface area contributed by atoms with Gasteiger partial charge in [0.1, 0.15) is 23.9 Å². The summed E-state index contributed by atoms with van der Waals surface area (Å²) in [6.45, 7) is 1.81. The highest BCUT2D eigenvalue weighted by atomic mass is 35.5. The molecule has 2 aliphatic heterocycles. The van der Waals surface area contributed by atoms with Gasteiger partial charge in [0.05, 0.1) is 16.1 Å². The molecule has 2 aliphatic rings. The molecule has 0 radical (unpaired) electrons. The van der Waals surface area contributed by atoms with E-state index in [1.807, 2.05) is 0 Å². The normalized spacial score (nSPS) is 19.4. The second kappa shape index (κ2) is 7.31. The molecule has 2 N–H and O–H groups in total. The number of hydrogen-bond acceptors (Lipinski definition) is 4. The molecule has 0 bridgehead atoms. The van der Waals surface area contributed by atoms with Crippen LogP contribution in [0.5, 0.6) is 11.5 Å². The maximum Gasteiger partial charge on any atom is 0.407 e. The third-order valence-electron chi connectivity index (χ3n) is 5.16. The third-order valence-corrected chi connectivity index (χ3v) is 5.84. The number of ether oxygens (including phenoxy) is 1. The zero-order chi connectivity index (χ0) is 20.0. The number of halogens is 3. The first kappa shape index (κ1) is 19.1. The van der Waals surface area contributed by atoms with Gasteiger partial charge in [-0.05, 0) is 18.2 Å². The first-order chi connectivity index (χ1) is 13.4. The zero-order valence-electron chi connectivity index (χ0n) is 14.7. The molecule has 28 heavy (non-hydrogen) atoms. The number of carboxylic acid groups (broad SMARTS) is 1. The maximum atomic E-state index is 15.0. The summed E-state index contributed by atoms with van der Waals surface area (Å²) in [7, 11) is 0. The number of carbonyl (C=O) groups is 1. The van der Waals surface area contributed by atoms with Crippen LogP contribution >= 0.6 is 23.2 Å². The van der Waals surface area contributed by atoms with Crippen LogP contribution in [0.4, 0.5) is 9.18 Å². The average Bonchev–Trinajstić information content (AvgIpc) is 2.82. The number of phenolic OH excluding ortho intramolecular Hbond substituents is 1. The van der Waals surface area contributed by atoms with Crippen molar-refractivity contribution < 1.29 is 24.1 Å². The molecular formula is C19H17Cl2FN2O4. The van der Waals surface area contributed by atoms with Crippen molar-refractivity contribution in [1.29, 1.82) is 0 Å². The zero-order valence-corrected chi connectivity index (χ0v) is 16.2. The van der Waals surface area contributed by atoms with Gasteiger partial charge >= 0.3 is 6.09 Å². The summed E-state index contributed by atoms with van der Waals surface area (Å²) in [5, 5.41) is 19.6. The lowest BCUT2D eigenvalue weighted by Gasteiger charge is -2.38. The van der Waals surface area contributed by atoms with E-state index in [1.54, 1.807) is 12.1 Å². The number of hydrogen-bond donors (Lipinski definition) is 2. The molecule has 2 aromatic carbocycles. The number of amides is 1. The molecule has 1 saturated heterocycles. The summed E-state index contributed by atoms with van der Waals surface area (Å²) in [6, 6.07) is 5.68. The van der Waals surface area contributed by atoms with Gasteiger partial charge in [-0.1, -0.05) is 29.3 Å². The second-order valence-corrected chi connectivity index (χ2v) is 7.62. The van der Waals surface area contributed by atoms with E-state index in [4.69, 9.17) is 27.9 Å². The molecule has 0 aliphatic carbocycles. The van der Waals surface area contributed by atoms with E-state index in [-0.39, 0.29) is 39.6 Å². The quantitative estimate of drug-likeness (QED) is 0.718. The van der Waals surface area contributed by atoms with Crippen LogP contribution < -0.4 is 4.74 Å². The van der Waals surface area contributed by atoms with E-state index in [0.29, 0.717) is 37.5 Å². The van der Waals surface area contributed by atoms with Crippen molar-refractivity contribution in [1.82, 2.24) is 9.80 Å². The monoisotopic (exact) mass is 426 g/mol. The van der Waals surface area contributed by atoms with Crippen molar-refractivity contribution >= 4 is 29.3 Å². The van der Waals surface area contributed by atoms with E-state index in [0.717, 1.165) is 0 Å². The fourth-order valence-corrected chi connectivity index (χ4v) is 4.37. The van der Waals surface area contributed by atoms with Gasteiger partial charge < -0.3 is 19.8 Å². The Kier molecular flexibility index (Phi) is 4.99. The number of phenols is 1. The molecule has 148 valence electrons. The minimum absolute atomic E-state index is 0.0180. The van der Waals surface area contributed by atoms with E-state index in [2.05, 4.69) is 4.90 Å². The van der Waals surface area contributed by atoms with Gasteiger partial charge in [0.15, 0.2) is 0 Å². The number of fused-ring (bicyclic) bond motifs is 2. The second-order valence-electron chi connectivity index (χ2n) is 6.83. The van der Waals surface area contributed by atoms with Crippen molar-refractivity contribution in [2.45, 2.75) is 12.6 Å². The molecule has 0 unspecified atom stereocenters. The summed E-state index contributed by atoms with van der Waals surface area (Å²) in [4.78, 5) is 14.7. The fraction of sp³-hybridized carbons (Fsp3) is 0.316. The Labute approximate surface area is 170 Å². The van der Waals surface area contributed by atoms with Crippen LogP contribution in [-0.4, -0.2) is 58.4 Å². The van der Waals surface area contributed by atoms with Crippen LogP contribution in [0.25, 0.3) is 11.1 Å². The topological polar surface area (TPSA) is 73.2 Å². The van der Waals surface area contributed by atoms with Crippen LogP contribution in [0.3, 0.4) is 0 Å². The van der Waals surface area contributed by atoms with Gasteiger partial charge in [0.2, 0.25) is 0 Å². The molecule has 1 fully saturated rings. The van der Waals surface area contributed by atoms with Crippen molar-refractivity contribution in [3.8, 4) is 22.6 Å². The Morgan fingerprint density at radius 1 is 1.25 bits per heavy atom. The van der Waals surface area contributed by atoms with Crippen molar-refractivity contribution in [2.24, 2.45) is 0 Å². The minimum Gasteiger partial charge on any atom is -0.507 e. The first-order valence-corrected chi connectivity index (χ1v) is 9.46. The summed E-state index contributed by atoms with van der Waals surface area (Å²) in [5.74, 6) is -0.469. The summed E-state index contributed by atoms with van der Waals surface area (Å²) < 4.78 is 20.9. The molecule has 6 nitrogen and oxygen atoms in total. The van der Waals surface area contributed by atoms with Crippen molar-refractivity contribution in [3.05, 3.63) is 45.7 Å². The molecule has 0 aromatic heterocycles. The van der Waals surface area contributed by atoms with E-state index in [9.17, 15) is 19.4 Å². The predicted octanol–water partition coefficient (Wildman–Crippen LogP) is 4.06. The highest BCUT2D eigenvalue weighted by molar-refractivity contribution is 6.37. The summed E-state index contributed by atoms with van der Waals surface area (Å²) >= 11 is 12.7. The molecule has 0 spiro atoms. The number of piperazine rings is 1. The Balaban J connectivity index is 1.74. The Bertz CT molecular complexity index is 936. The number of rotatable bonds is 1. The minimum atomic E-state index is -0.970. The van der Waals surface area contributed by atoms with Gasteiger partial charge in [0, 0.05) is 42.9 Å². The molecule has 9 heteroatoms. The van der Waals surface area contributed by atoms with Gasteiger partial charge in [-0.2, -0.15) is 0 Å². The summed E-state index contributed by atoms with van der Waals surface area (Å²) in [5.41, 5.74) is 0.664. The lowest BCUT2D eigenvalue weighted by molar-refractivity contribution is 0.0503. The van der Waals surface area contributed by atoms with Crippen molar-refractivity contribution in [2.75, 3.05) is 26.2 Å². The van der Waals surface area contributed by atoms with Gasteiger partial charge in [-0.25, -0.2) is 9.18 Å². The summed E-state index contributed by atoms with van der Waals surface area (Å²) in [6.07, 6.45) is -0.970. The molecule has 0 saturated carbocycles. The molecule has 2 heterocycles. The maximum absolute atomic E-state index is 15.0. The predicted molar refractivity (Wildman–Crippen MR) is 103 cm³/mol. The SMILES string of the molecule is O=C(O)N1CCN2Cc3cc(F)c(-c4c(O)cccc4Cl)c(Cl)c3OC[C@H]2C1. The van der Waals surface area contributed by atoms with Crippen molar-refractivity contribution in [3.63, 3.8) is 0 Å². The molecule has 4 rings (SSSR count). The average molecular weight is 427 g/mol. The van der Waals surface area contributed by atoms with Crippen LogP contribution in [-0.2, 0) is 6.54 Å².